The van der Waals surface area contributed by atoms with Gasteiger partial charge in [-0.25, -0.2) is 10.8 Å². The molecule has 1 aromatic rings. The zero-order valence-corrected chi connectivity index (χ0v) is 10.7. The molecule has 1 saturated heterocycles. The van der Waals surface area contributed by atoms with E-state index in [9.17, 15) is 4.79 Å². The molecule has 17 heavy (non-hydrogen) atoms. The zero-order valence-electron chi connectivity index (χ0n) is 9.11. The fraction of sp³-hybridized carbons (Fsp3) is 0.444. The van der Waals surface area contributed by atoms with Crippen molar-refractivity contribution < 1.29 is 4.79 Å². The van der Waals surface area contributed by atoms with Crippen LogP contribution in [0.1, 0.15) is 6.42 Å². The average molecular weight is 301 g/mol. The summed E-state index contributed by atoms with van der Waals surface area (Å²) in [6, 6.07) is 0. The van der Waals surface area contributed by atoms with Gasteiger partial charge in [0.05, 0.1) is 11.0 Å². The van der Waals surface area contributed by atoms with Crippen LogP contribution in [0.3, 0.4) is 0 Å². The molecule has 0 aromatic carbocycles. The van der Waals surface area contributed by atoms with Crippen LogP contribution in [0, 0.1) is 0 Å². The van der Waals surface area contributed by atoms with Gasteiger partial charge < -0.3 is 10.2 Å². The lowest BCUT2D eigenvalue weighted by Gasteiger charge is -2.21. The summed E-state index contributed by atoms with van der Waals surface area (Å²) in [5.41, 5.74) is 2.39. The van der Waals surface area contributed by atoms with Gasteiger partial charge in [-0.1, -0.05) is 0 Å². The van der Waals surface area contributed by atoms with Gasteiger partial charge in [0.25, 0.3) is 0 Å². The molecule has 1 aromatic heterocycles. The van der Waals surface area contributed by atoms with Gasteiger partial charge in [0, 0.05) is 19.3 Å². The summed E-state index contributed by atoms with van der Waals surface area (Å²) in [6.07, 6.45) is 2.49. The Balaban J connectivity index is 2.27. The van der Waals surface area contributed by atoms with Crippen LogP contribution in [0.2, 0.25) is 0 Å². The second kappa shape index (κ2) is 5.28. The predicted octanol–water partition coefficient (Wildman–Crippen LogP) is -0.149. The SMILES string of the molecule is NNc1ncc(Br)c(N2CCCNC(=O)C2)n1. The van der Waals surface area contributed by atoms with Crippen molar-refractivity contribution in [2.75, 3.05) is 30.0 Å². The van der Waals surface area contributed by atoms with E-state index in [2.05, 4.69) is 36.6 Å². The molecule has 0 radical (unpaired) electrons. The highest BCUT2D eigenvalue weighted by Gasteiger charge is 2.18. The number of anilines is 2. The Morgan fingerprint density at radius 1 is 1.59 bits per heavy atom. The van der Waals surface area contributed by atoms with Crippen molar-refractivity contribution in [1.82, 2.24) is 15.3 Å². The van der Waals surface area contributed by atoms with Crippen LogP contribution in [0.5, 0.6) is 0 Å². The maximum atomic E-state index is 11.5. The van der Waals surface area contributed by atoms with Crippen LogP contribution in [0.25, 0.3) is 0 Å². The minimum absolute atomic E-state index is 0.00438. The van der Waals surface area contributed by atoms with Crippen molar-refractivity contribution in [3.63, 3.8) is 0 Å². The smallest absolute Gasteiger partial charge is 0.239 e. The maximum Gasteiger partial charge on any atom is 0.239 e. The van der Waals surface area contributed by atoms with Crippen molar-refractivity contribution in [3.05, 3.63) is 10.7 Å². The van der Waals surface area contributed by atoms with E-state index < -0.39 is 0 Å². The van der Waals surface area contributed by atoms with Gasteiger partial charge in [-0.15, -0.1) is 0 Å². The minimum Gasteiger partial charge on any atom is -0.354 e. The highest BCUT2D eigenvalue weighted by atomic mass is 79.9. The highest BCUT2D eigenvalue weighted by molar-refractivity contribution is 9.10. The lowest BCUT2D eigenvalue weighted by Crippen LogP contribution is -2.34. The number of nitrogen functional groups attached to an aromatic ring is 1. The molecule has 92 valence electrons. The molecule has 2 rings (SSSR count). The Morgan fingerprint density at radius 2 is 2.41 bits per heavy atom. The Bertz CT molecular complexity index is 426. The predicted molar refractivity (Wildman–Crippen MR) is 67.4 cm³/mol. The van der Waals surface area contributed by atoms with Crippen LogP contribution in [-0.4, -0.2) is 35.5 Å². The molecule has 0 spiro atoms. The largest absolute Gasteiger partial charge is 0.354 e. The van der Waals surface area contributed by atoms with Gasteiger partial charge in [0.15, 0.2) is 0 Å². The van der Waals surface area contributed by atoms with Gasteiger partial charge in [0.1, 0.15) is 5.82 Å². The van der Waals surface area contributed by atoms with E-state index in [0.717, 1.165) is 17.4 Å². The number of halogens is 1. The summed E-state index contributed by atoms with van der Waals surface area (Å²) < 4.78 is 0.742. The number of aromatic nitrogens is 2. The maximum absolute atomic E-state index is 11.5. The molecule has 0 atom stereocenters. The number of hydrazine groups is 1. The summed E-state index contributed by atoms with van der Waals surface area (Å²) in [5.74, 6) is 6.26. The quantitative estimate of drug-likeness (QED) is 0.519. The molecule has 1 aliphatic heterocycles. The second-order valence-electron chi connectivity index (χ2n) is 3.63. The number of hydrogen-bond acceptors (Lipinski definition) is 6. The summed E-state index contributed by atoms with van der Waals surface area (Å²) >= 11 is 3.37. The highest BCUT2D eigenvalue weighted by Crippen LogP contribution is 2.24. The van der Waals surface area contributed by atoms with Gasteiger partial charge in [0.2, 0.25) is 11.9 Å². The topological polar surface area (TPSA) is 96.2 Å². The van der Waals surface area contributed by atoms with E-state index in [-0.39, 0.29) is 5.91 Å². The number of carbonyl (C=O) groups excluding carboxylic acids is 1. The van der Waals surface area contributed by atoms with Crippen molar-refractivity contribution in [3.8, 4) is 0 Å². The third-order valence-corrected chi connectivity index (χ3v) is 2.98. The third kappa shape index (κ3) is 2.83. The van der Waals surface area contributed by atoms with E-state index in [1.807, 2.05) is 4.90 Å². The average Bonchev–Trinajstić information content (AvgIpc) is 2.54. The molecule has 0 aliphatic carbocycles. The van der Waals surface area contributed by atoms with Gasteiger partial charge in [-0.3, -0.25) is 10.2 Å². The summed E-state index contributed by atoms with van der Waals surface area (Å²) in [5, 5.41) is 2.81. The van der Waals surface area contributed by atoms with Crippen LogP contribution >= 0.6 is 15.9 Å². The molecular weight excluding hydrogens is 288 g/mol. The van der Waals surface area contributed by atoms with Crippen molar-refractivity contribution in [2.45, 2.75) is 6.42 Å². The van der Waals surface area contributed by atoms with Crippen LogP contribution in [0.15, 0.2) is 10.7 Å². The number of carbonyl (C=O) groups is 1. The molecule has 1 amide bonds. The van der Waals surface area contributed by atoms with Gasteiger partial charge >= 0.3 is 0 Å². The van der Waals surface area contributed by atoms with E-state index in [1.165, 1.54) is 0 Å². The first-order chi connectivity index (χ1) is 8.20. The van der Waals surface area contributed by atoms with E-state index in [4.69, 9.17) is 5.84 Å². The van der Waals surface area contributed by atoms with Crippen molar-refractivity contribution in [2.24, 2.45) is 5.84 Å². The molecule has 0 unspecified atom stereocenters. The number of hydrogen-bond donors (Lipinski definition) is 3. The van der Waals surface area contributed by atoms with E-state index >= 15 is 0 Å². The lowest BCUT2D eigenvalue weighted by atomic mass is 10.4. The zero-order chi connectivity index (χ0) is 12.3. The third-order valence-electron chi connectivity index (χ3n) is 2.42. The van der Waals surface area contributed by atoms with Crippen LogP contribution in [-0.2, 0) is 4.79 Å². The second-order valence-corrected chi connectivity index (χ2v) is 4.49. The minimum atomic E-state index is -0.00438. The molecular formula is C9H13BrN6O. The number of nitrogens with zero attached hydrogens (tertiary/aromatic N) is 3. The molecule has 0 bridgehead atoms. The fourth-order valence-electron chi connectivity index (χ4n) is 1.64. The summed E-state index contributed by atoms with van der Waals surface area (Å²) in [4.78, 5) is 21.6. The molecule has 1 aliphatic rings. The monoisotopic (exact) mass is 300 g/mol. The molecule has 7 nitrogen and oxygen atoms in total. The Morgan fingerprint density at radius 3 is 3.18 bits per heavy atom. The van der Waals surface area contributed by atoms with E-state index in [1.54, 1.807) is 6.20 Å². The first-order valence-electron chi connectivity index (χ1n) is 5.21. The normalized spacial score (nSPS) is 16.4. The number of amides is 1. The molecule has 4 N–H and O–H groups in total. The fourth-order valence-corrected chi connectivity index (χ4v) is 2.08. The Kier molecular flexibility index (Phi) is 3.75. The van der Waals surface area contributed by atoms with E-state index in [0.29, 0.717) is 24.9 Å². The standard InChI is InChI=1S/C9H13BrN6O/c10-6-4-13-9(15-11)14-8(6)16-3-1-2-12-7(17)5-16/h4H,1-3,5,11H2,(H,12,17)(H,13,14,15). The van der Waals surface area contributed by atoms with Crippen LogP contribution in [0.4, 0.5) is 11.8 Å². The number of nitrogens with one attached hydrogen (secondary N) is 2. The van der Waals surface area contributed by atoms with Crippen molar-refractivity contribution >= 4 is 33.6 Å². The van der Waals surface area contributed by atoms with Gasteiger partial charge in [-0.05, 0) is 22.4 Å². The summed E-state index contributed by atoms with van der Waals surface area (Å²) in [7, 11) is 0. The first-order valence-corrected chi connectivity index (χ1v) is 6.01. The molecule has 2 heterocycles. The number of rotatable bonds is 2. The number of nitrogens with two attached hydrogens (primary N) is 1. The molecule has 8 heteroatoms. The van der Waals surface area contributed by atoms with Crippen LogP contribution < -0.4 is 21.5 Å². The lowest BCUT2D eigenvalue weighted by molar-refractivity contribution is -0.119. The molecule has 1 fully saturated rings. The first kappa shape index (κ1) is 12.1. The molecule has 0 saturated carbocycles. The Labute approximate surface area is 107 Å². The Hall–Kier alpha value is -1.41. The summed E-state index contributed by atoms with van der Waals surface area (Å²) in [6.45, 7) is 1.75. The van der Waals surface area contributed by atoms with Gasteiger partial charge in [-0.2, -0.15) is 4.98 Å². The van der Waals surface area contributed by atoms with Crippen molar-refractivity contribution in [1.29, 1.82) is 0 Å².